The van der Waals surface area contributed by atoms with Gasteiger partial charge in [0.15, 0.2) is 11.8 Å². The molecule has 3 aromatic rings. The van der Waals surface area contributed by atoms with Crippen LogP contribution in [-0.2, 0) is 10.5 Å². The van der Waals surface area contributed by atoms with Crippen molar-refractivity contribution < 1.29 is 22.7 Å². The van der Waals surface area contributed by atoms with Gasteiger partial charge >= 0.3 is 6.18 Å². The Kier molecular flexibility index (Phi) is 6.42. The van der Waals surface area contributed by atoms with Crippen molar-refractivity contribution in [2.45, 2.75) is 24.0 Å². The van der Waals surface area contributed by atoms with Crippen LogP contribution >= 0.6 is 11.8 Å². The minimum Gasteiger partial charge on any atom is -0.484 e. The molecule has 0 radical (unpaired) electrons. The number of alkyl halides is 3. The van der Waals surface area contributed by atoms with Gasteiger partial charge in [-0.3, -0.25) is 9.36 Å². The maximum Gasteiger partial charge on any atom is 0.422 e. The van der Waals surface area contributed by atoms with E-state index in [1.807, 2.05) is 6.07 Å². The summed E-state index contributed by atoms with van der Waals surface area (Å²) in [5, 5.41) is 11.4. The van der Waals surface area contributed by atoms with E-state index in [-0.39, 0.29) is 11.7 Å². The van der Waals surface area contributed by atoms with Crippen LogP contribution < -0.4 is 10.1 Å². The molecule has 1 amide bonds. The zero-order valence-electron chi connectivity index (χ0n) is 15.3. The molecule has 0 fully saturated rings. The fourth-order valence-corrected chi connectivity index (χ4v) is 3.35. The van der Waals surface area contributed by atoms with Crippen LogP contribution in [-0.4, -0.2) is 33.5 Å². The molecule has 10 heteroatoms. The molecule has 0 saturated carbocycles. The lowest BCUT2D eigenvalue weighted by atomic mass is 10.2. The van der Waals surface area contributed by atoms with Gasteiger partial charge in [-0.15, -0.1) is 10.2 Å². The normalized spacial score (nSPS) is 11.3. The number of halogens is 3. The summed E-state index contributed by atoms with van der Waals surface area (Å²) in [6, 6.07) is 13.7. The minimum atomic E-state index is -4.38. The van der Waals surface area contributed by atoms with Crippen LogP contribution in [0.15, 0.2) is 60.0 Å². The van der Waals surface area contributed by atoms with E-state index < -0.39 is 12.8 Å². The Morgan fingerprint density at radius 1 is 1.21 bits per heavy atom. The molecule has 0 bridgehead atoms. The number of carbonyl (C=O) groups excluding carboxylic acids is 1. The zero-order chi connectivity index (χ0) is 20.9. The van der Waals surface area contributed by atoms with Crippen molar-refractivity contribution in [1.82, 2.24) is 14.8 Å². The molecule has 3 rings (SSSR count). The summed E-state index contributed by atoms with van der Waals surface area (Å²) in [4.78, 5) is 11.2. The number of thioether (sulfide) groups is 1. The van der Waals surface area contributed by atoms with Gasteiger partial charge in [-0.2, -0.15) is 13.2 Å². The third-order valence-corrected chi connectivity index (χ3v) is 4.64. The number of amides is 1. The number of rotatable bonds is 7. The number of nitrogens with one attached hydrogen (secondary N) is 1. The summed E-state index contributed by atoms with van der Waals surface area (Å²) < 4.78 is 43.5. The van der Waals surface area contributed by atoms with Gasteiger partial charge in [-0.1, -0.05) is 30.0 Å². The number of hydrogen-bond donors (Lipinski definition) is 1. The SMILES string of the molecule is CC(=O)Nc1cccc(-n2cnnc2SCc2cccc(OCC(F)(F)F)c2)c1. The number of ether oxygens (including phenoxy) is 1. The second-order valence-corrected chi connectivity index (χ2v) is 7.00. The summed E-state index contributed by atoms with van der Waals surface area (Å²) in [6.07, 6.45) is -2.83. The predicted molar refractivity (Wildman–Crippen MR) is 103 cm³/mol. The van der Waals surface area contributed by atoms with Crippen molar-refractivity contribution in [3.63, 3.8) is 0 Å². The van der Waals surface area contributed by atoms with Crippen molar-refractivity contribution in [2.75, 3.05) is 11.9 Å². The molecule has 0 saturated heterocycles. The summed E-state index contributed by atoms with van der Waals surface area (Å²) in [5.41, 5.74) is 2.20. The lowest BCUT2D eigenvalue weighted by Gasteiger charge is -2.11. The van der Waals surface area contributed by atoms with E-state index in [2.05, 4.69) is 15.5 Å². The highest BCUT2D eigenvalue weighted by Gasteiger charge is 2.28. The summed E-state index contributed by atoms with van der Waals surface area (Å²) >= 11 is 1.38. The Hall–Kier alpha value is -3.01. The smallest absolute Gasteiger partial charge is 0.422 e. The maximum absolute atomic E-state index is 12.3. The lowest BCUT2D eigenvalue weighted by molar-refractivity contribution is -0.153. The molecule has 6 nitrogen and oxygen atoms in total. The van der Waals surface area contributed by atoms with Gasteiger partial charge in [0.25, 0.3) is 0 Å². The van der Waals surface area contributed by atoms with Crippen LogP contribution in [0.5, 0.6) is 5.75 Å². The number of benzene rings is 2. The van der Waals surface area contributed by atoms with Crippen LogP contribution in [0.4, 0.5) is 18.9 Å². The van der Waals surface area contributed by atoms with Gasteiger partial charge in [0.05, 0.1) is 5.69 Å². The number of aromatic nitrogens is 3. The van der Waals surface area contributed by atoms with Gasteiger partial charge < -0.3 is 10.1 Å². The molecule has 1 N–H and O–H groups in total. The Labute approximate surface area is 169 Å². The van der Waals surface area contributed by atoms with Crippen molar-refractivity contribution in [3.8, 4) is 11.4 Å². The van der Waals surface area contributed by atoms with Crippen LogP contribution in [0.1, 0.15) is 12.5 Å². The fraction of sp³-hybridized carbons (Fsp3) is 0.211. The molecule has 0 aliphatic rings. The maximum atomic E-state index is 12.3. The fourth-order valence-electron chi connectivity index (χ4n) is 2.47. The van der Waals surface area contributed by atoms with Crippen molar-refractivity contribution >= 4 is 23.4 Å². The van der Waals surface area contributed by atoms with E-state index in [0.717, 1.165) is 11.3 Å². The molecular formula is C19H17F3N4O2S. The van der Waals surface area contributed by atoms with Crippen molar-refractivity contribution in [1.29, 1.82) is 0 Å². The molecule has 152 valence electrons. The first-order chi connectivity index (χ1) is 13.8. The molecule has 0 unspecified atom stereocenters. The largest absolute Gasteiger partial charge is 0.484 e. The quantitative estimate of drug-likeness (QED) is 0.570. The minimum absolute atomic E-state index is 0.157. The van der Waals surface area contributed by atoms with E-state index in [1.54, 1.807) is 47.3 Å². The second kappa shape index (κ2) is 8.99. The number of anilines is 1. The highest BCUT2D eigenvalue weighted by atomic mass is 32.2. The Morgan fingerprint density at radius 3 is 2.76 bits per heavy atom. The molecule has 0 spiro atoms. The first-order valence-corrected chi connectivity index (χ1v) is 9.48. The standard InChI is InChI=1S/C19H17F3N4O2S/c1-13(27)24-15-5-3-6-16(9-15)26-12-23-25-18(26)29-10-14-4-2-7-17(8-14)28-11-19(20,21)22/h2-9,12H,10-11H2,1H3,(H,24,27). The van der Waals surface area contributed by atoms with Crippen molar-refractivity contribution in [3.05, 3.63) is 60.4 Å². The van der Waals surface area contributed by atoms with Gasteiger partial charge in [-0.05, 0) is 35.9 Å². The Balaban J connectivity index is 1.69. The number of carbonyl (C=O) groups is 1. The van der Waals surface area contributed by atoms with Gasteiger partial charge in [0.2, 0.25) is 5.91 Å². The first-order valence-electron chi connectivity index (χ1n) is 8.49. The second-order valence-electron chi connectivity index (χ2n) is 6.05. The van der Waals surface area contributed by atoms with E-state index in [9.17, 15) is 18.0 Å². The van der Waals surface area contributed by atoms with E-state index in [1.165, 1.54) is 24.8 Å². The molecule has 0 aliphatic heterocycles. The van der Waals surface area contributed by atoms with E-state index >= 15 is 0 Å². The third kappa shape index (κ3) is 6.24. The van der Waals surface area contributed by atoms with Crippen LogP contribution in [0.3, 0.4) is 0 Å². The van der Waals surface area contributed by atoms with Gasteiger partial charge in [-0.25, -0.2) is 0 Å². The Morgan fingerprint density at radius 2 is 2.00 bits per heavy atom. The molecule has 29 heavy (non-hydrogen) atoms. The summed E-state index contributed by atoms with van der Waals surface area (Å²) in [7, 11) is 0. The molecule has 0 aliphatic carbocycles. The molecule has 1 heterocycles. The monoisotopic (exact) mass is 422 g/mol. The lowest BCUT2D eigenvalue weighted by Crippen LogP contribution is -2.19. The highest BCUT2D eigenvalue weighted by molar-refractivity contribution is 7.98. The first kappa shape index (κ1) is 20.7. The zero-order valence-corrected chi connectivity index (χ0v) is 16.1. The van der Waals surface area contributed by atoms with Crippen LogP contribution in [0, 0.1) is 0 Å². The molecular weight excluding hydrogens is 405 g/mol. The van der Waals surface area contributed by atoms with Gasteiger partial charge in [0.1, 0.15) is 12.1 Å². The molecule has 1 aromatic heterocycles. The van der Waals surface area contributed by atoms with E-state index in [4.69, 9.17) is 4.74 Å². The topological polar surface area (TPSA) is 69.0 Å². The Bertz CT molecular complexity index is 991. The highest BCUT2D eigenvalue weighted by Crippen LogP contribution is 2.26. The van der Waals surface area contributed by atoms with E-state index in [0.29, 0.717) is 16.6 Å². The van der Waals surface area contributed by atoms with Crippen LogP contribution in [0.2, 0.25) is 0 Å². The van der Waals surface area contributed by atoms with Crippen molar-refractivity contribution in [2.24, 2.45) is 0 Å². The average molecular weight is 422 g/mol. The average Bonchev–Trinajstić information content (AvgIpc) is 3.13. The van der Waals surface area contributed by atoms with Crippen LogP contribution in [0.25, 0.3) is 5.69 Å². The molecule has 2 aromatic carbocycles. The number of nitrogens with zero attached hydrogens (tertiary/aromatic N) is 3. The van der Waals surface area contributed by atoms with Gasteiger partial charge in [0, 0.05) is 18.4 Å². The predicted octanol–water partition coefficient (Wildman–Crippen LogP) is 4.46. The summed E-state index contributed by atoms with van der Waals surface area (Å²) in [6.45, 7) is 0.0990. The third-order valence-electron chi connectivity index (χ3n) is 3.63. The summed E-state index contributed by atoms with van der Waals surface area (Å²) in [5.74, 6) is 0.450. The number of hydrogen-bond acceptors (Lipinski definition) is 5. The molecule has 0 atom stereocenters.